The average Bonchev–Trinajstić information content (AvgIpc) is 2.26. The van der Waals surface area contributed by atoms with Crippen LogP contribution in [0, 0.1) is 13.8 Å². The van der Waals surface area contributed by atoms with Gasteiger partial charge >= 0.3 is 0 Å². The number of aromatic nitrogens is 4. The average molecular weight is 296 g/mol. The van der Waals surface area contributed by atoms with Crippen LogP contribution in [0.25, 0.3) is 0 Å². The van der Waals surface area contributed by atoms with Crippen LogP contribution in [0.5, 0.6) is 0 Å². The molecule has 0 aliphatic rings. The van der Waals surface area contributed by atoms with Gasteiger partial charge in [-0.1, -0.05) is 23.5 Å². The van der Waals surface area contributed by atoms with Crippen molar-refractivity contribution in [2.75, 3.05) is 5.08 Å². The molecule has 8 heteroatoms. The molecule has 0 atom stereocenters. The lowest BCUT2D eigenvalue weighted by atomic mass is 10.5. The Morgan fingerprint density at radius 2 is 1.37 bits per heavy atom. The number of nitrogens with one attached hydrogen (secondary N) is 2. The predicted octanol–water partition coefficient (Wildman–Crippen LogP) is 1.31. The molecule has 0 saturated heterocycles. The van der Waals surface area contributed by atoms with Crippen LogP contribution in [0.1, 0.15) is 11.4 Å². The van der Waals surface area contributed by atoms with E-state index in [1.165, 1.54) is 35.7 Å². The van der Waals surface area contributed by atoms with E-state index in [0.29, 0.717) is 26.8 Å². The molecule has 0 aliphatic carbocycles. The van der Waals surface area contributed by atoms with Crippen molar-refractivity contribution < 1.29 is 0 Å². The number of aryl methyl sites for hydroxylation is 2. The second-order valence-corrected chi connectivity index (χ2v) is 6.08. The minimum Gasteiger partial charge on any atom is -0.301 e. The second-order valence-electron chi connectivity index (χ2n) is 3.79. The van der Waals surface area contributed by atoms with Crippen LogP contribution in [0.4, 0.5) is 0 Å². The van der Waals surface area contributed by atoms with Gasteiger partial charge < -0.3 is 9.97 Å². The maximum atomic E-state index is 11.3. The van der Waals surface area contributed by atoms with Gasteiger partial charge in [0.1, 0.15) is 0 Å². The van der Waals surface area contributed by atoms with E-state index >= 15 is 0 Å². The van der Waals surface area contributed by atoms with Crippen LogP contribution in [-0.2, 0) is 0 Å². The lowest BCUT2D eigenvalue weighted by molar-refractivity contribution is 0.904. The highest BCUT2D eigenvalue weighted by molar-refractivity contribution is 8.15. The van der Waals surface area contributed by atoms with Crippen LogP contribution in [0.15, 0.2) is 32.0 Å². The molecular formula is C11H12N4O2S2. The fourth-order valence-corrected chi connectivity index (χ4v) is 3.27. The molecular weight excluding hydrogens is 284 g/mol. The quantitative estimate of drug-likeness (QED) is 0.502. The van der Waals surface area contributed by atoms with Crippen molar-refractivity contribution in [1.29, 1.82) is 0 Å². The van der Waals surface area contributed by atoms with Crippen molar-refractivity contribution in [2.45, 2.75) is 24.2 Å². The first-order valence-corrected chi connectivity index (χ1v) is 7.41. The molecule has 0 fully saturated rings. The zero-order valence-corrected chi connectivity index (χ0v) is 12.0. The van der Waals surface area contributed by atoms with Crippen LogP contribution < -0.4 is 11.1 Å². The number of H-pyrrole nitrogens is 2. The fourth-order valence-electron chi connectivity index (χ4n) is 1.38. The molecule has 2 rings (SSSR count). The molecule has 0 bridgehead atoms. The molecule has 2 aromatic heterocycles. The summed E-state index contributed by atoms with van der Waals surface area (Å²) in [6.45, 7) is 3.54. The van der Waals surface area contributed by atoms with Crippen LogP contribution in [0.2, 0.25) is 0 Å². The van der Waals surface area contributed by atoms with Crippen LogP contribution in [-0.4, -0.2) is 25.0 Å². The van der Waals surface area contributed by atoms with Gasteiger partial charge in [-0.25, -0.2) is 9.97 Å². The van der Waals surface area contributed by atoms with Gasteiger partial charge in [0.25, 0.3) is 11.1 Å². The third kappa shape index (κ3) is 4.25. The first-order valence-electron chi connectivity index (χ1n) is 5.44. The standard InChI is InChI=1S/C11H12N4O2S2/c1-6-3-8(16)14-10(12-6)18-5-19-11-13-7(2)4-9(17)15-11/h3-4H,5H2,1-2H3,(H,12,14,16)(H,13,15,17). The summed E-state index contributed by atoms with van der Waals surface area (Å²) in [5.41, 5.74) is 1.03. The Hall–Kier alpha value is -1.54. The number of hydrogen-bond donors (Lipinski definition) is 2. The van der Waals surface area contributed by atoms with E-state index in [9.17, 15) is 9.59 Å². The minimum atomic E-state index is -0.165. The Morgan fingerprint density at radius 1 is 0.947 bits per heavy atom. The summed E-state index contributed by atoms with van der Waals surface area (Å²) in [5, 5.41) is 1.72. The topological polar surface area (TPSA) is 91.5 Å². The lowest BCUT2D eigenvalue weighted by Crippen LogP contribution is -2.09. The third-order valence-electron chi connectivity index (χ3n) is 2.09. The van der Waals surface area contributed by atoms with Crippen LogP contribution in [0.3, 0.4) is 0 Å². The highest BCUT2D eigenvalue weighted by Crippen LogP contribution is 2.22. The number of rotatable bonds is 4. The summed E-state index contributed by atoms with van der Waals surface area (Å²) in [7, 11) is 0. The molecule has 0 spiro atoms. The Morgan fingerprint density at radius 3 is 1.74 bits per heavy atom. The van der Waals surface area contributed by atoms with Gasteiger partial charge in [-0.05, 0) is 13.8 Å². The van der Waals surface area contributed by atoms with Gasteiger partial charge in [-0.3, -0.25) is 9.59 Å². The van der Waals surface area contributed by atoms with Gasteiger partial charge in [-0.2, -0.15) is 0 Å². The molecule has 0 amide bonds. The van der Waals surface area contributed by atoms with E-state index in [0.717, 1.165) is 0 Å². The normalized spacial score (nSPS) is 10.6. The molecule has 0 radical (unpaired) electrons. The maximum Gasteiger partial charge on any atom is 0.251 e. The van der Waals surface area contributed by atoms with Crippen molar-refractivity contribution in [3.05, 3.63) is 44.2 Å². The van der Waals surface area contributed by atoms with Crippen molar-refractivity contribution in [1.82, 2.24) is 19.9 Å². The highest BCUT2D eigenvalue weighted by Gasteiger charge is 2.02. The molecule has 19 heavy (non-hydrogen) atoms. The first-order chi connectivity index (χ1) is 9.02. The monoisotopic (exact) mass is 296 g/mol. The zero-order valence-electron chi connectivity index (χ0n) is 10.4. The Kier molecular flexibility index (Phi) is 4.43. The van der Waals surface area contributed by atoms with Gasteiger partial charge in [0, 0.05) is 23.5 Å². The van der Waals surface area contributed by atoms with Gasteiger partial charge in [0.15, 0.2) is 10.3 Å². The van der Waals surface area contributed by atoms with E-state index in [1.54, 1.807) is 13.8 Å². The summed E-state index contributed by atoms with van der Waals surface area (Å²) in [5.74, 6) is 0. The Labute approximate surface area is 117 Å². The summed E-state index contributed by atoms with van der Waals surface area (Å²) in [6, 6.07) is 2.88. The maximum absolute atomic E-state index is 11.3. The van der Waals surface area contributed by atoms with Gasteiger partial charge in [0.05, 0.1) is 5.08 Å². The van der Waals surface area contributed by atoms with E-state index in [-0.39, 0.29) is 11.1 Å². The lowest BCUT2D eigenvalue weighted by Gasteiger charge is -2.02. The van der Waals surface area contributed by atoms with E-state index in [2.05, 4.69) is 19.9 Å². The van der Waals surface area contributed by atoms with Crippen molar-refractivity contribution in [2.24, 2.45) is 0 Å². The fraction of sp³-hybridized carbons (Fsp3) is 0.273. The molecule has 6 nitrogen and oxygen atoms in total. The predicted molar refractivity (Wildman–Crippen MR) is 75.8 cm³/mol. The Bertz CT molecular complexity index is 636. The van der Waals surface area contributed by atoms with Crippen molar-refractivity contribution >= 4 is 23.5 Å². The molecule has 2 aromatic rings. The summed E-state index contributed by atoms with van der Waals surface area (Å²) in [6.07, 6.45) is 0. The second kappa shape index (κ2) is 6.07. The van der Waals surface area contributed by atoms with Crippen LogP contribution >= 0.6 is 23.5 Å². The van der Waals surface area contributed by atoms with E-state index in [1.807, 2.05) is 0 Å². The first kappa shape index (κ1) is 13.9. The SMILES string of the molecule is Cc1cc(=O)[nH]c(SCSc2nc(C)cc(=O)[nH]2)n1. The molecule has 2 heterocycles. The molecule has 0 aromatic carbocycles. The van der Waals surface area contributed by atoms with Gasteiger partial charge in [0.2, 0.25) is 0 Å². The van der Waals surface area contributed by atoms with E-state index < -0.39 is 0 Å². The number of hydrogen-bond acceptors (Lipinski definition) is 6. The van der Waals surface area contributed by atoms with E-state index in [4.69, 9.17) is 0 Å². The van der Waals surface area contributed by atoms with Crippen molar-refractivity contribution in [3.8, 4) is 0 Å². The summed E-state index contributed by atoms with van der Waals surface area (Å²) in [4.78, 5) is 36.2. The molecule has 0 unspecified atom stereocenters. The minimum absolute atomic E-state index is 0.165. The molecule has 100 valence electrons. The molecule has 0 saturated carbocycles. The number of nitrogens with zero attached hydrogens (tertiary/aromatic N) is 2. The largest absolute Gasteiger partial charge is 0.301 e. The van der Waals surface area contributed by atoms with Gasteiger partial charge in [-0.15, -0.1) is 0 Å². The summed E-state index contributed by atoms with van der Waals surface area (Å²) >= 11 is 2.78. The number of aromatic amines is 2. The third-order valence-corrected chi connectivity index (χ3v) is 3.96. The van der Waals surface area contributed by atoms with Crippen molar-refractivity contribution in [3.63, 3.8) is 0 Å². The number of thioether (sulfide) groups is 2. The summed E-state index contributed by atoms with van der Waals surface area (Å²) < 4.78 is 0. The highest BCUT2D eigenvalue weighted by atomic mass is 32.2. The smallest absolute Gasteiger partial charge is 0.251 e. The Balaban J connectivity index is 2.00. The molecule has 2 N–H and O–H groups in total. The molecule has 0 aliphatic heterocycles. The zero-order chi connectivity index (χ0) is 13.8.